The monoisotopic (exact) mass is 376 g/mol. The summed E-state index contributed by atoms with van der Waals surface area (Å²) in [4.78, 5) is 29.8. The van der Waals surface area contributed by atoms with Crippen molar-refractivity contribution < 1.29 is 9.53 Å². The zero-order chi connectivity index (χ0) is 19.7. The van der Waals surface area contributed by atoms with Gasteiger partial charge in [0.2, 0.25) is 5.43 Å². The zero-order valence-corrected chi connectivity index (χ0v) is 16.3. The highest BCUT2D eigenvalue weighted by Crippen LogP contribution is 2.28. The molecule has 1 aliphatic carbocycles. The Bertz CT molecular complexity index is 1080. The van der Waals surface area contributed by atoms with Crippen molar-refractivity contribution in [3.05, 3.63) is 75.2 Å². The predicted octanol–water partition coefficient (Wildman–Crippen LogP) is 3.55. The molecule has 0 saturated carbocycles. The van der Waals surface area contributed by atoms with Crippen molar-refractivity contribution in [3.63, 3.8) is 0 Å². The van der Waals surface area contributed by atoms with Crippen LogP contribution in [0.1, 0.15) is 41.0 Å². The third-order valence-electron chi connectivity index (χ3n) is 5.46. The minimum Gasteiger partial charge on any atom is -0.462 e. The first-order valence-electron chi connectivity index (χ1n) is 9.87. The summed E-state index contributed by atoms with van der Waals surface area (Å²) in [6.07, 6.45) is 4.48. The van der Waals surface area contributed by atoms with E-state index in [-0.39, 0.29) is 17.6 Å². The van der Waals surface area contributed by atoms with Crippen LogP contribution in [-0.4, -0.2) is 22.1 Å². The number of rotatable bonds is 5. The molecule has 0 fully saturated rings. The lowest BCUT2D eigenvalue weighted by Crippen LogP contribution is -2.22. The highest BCUT2D eigenvalue weighted by atomic mass is 16.5. The Morgan fingerprint density at radius 3 is 2.50 bits per heavy atom. The molecule has 0 saturated heterocycles. The number of carbonyl (C=O) groups is 1. The standard InChI is InChI=1S/C23H24N2O3/c1-3-25-14-19(23(27)28-4-2)22(26)21-20(25)10-9-18(24-21)13-15-11-16-7-5-6-8-17(16)12-15/h5-10,14-15H,3-4,11-13H2,1-2H3. The van der Waals surface area contributed by atoms with Gasteiger partial charge in [0.05, 0.1) is 12.1 Å². The third kappa shape index (κ3) is 3.33. The van der Waals surface area contributed by atoms with Crippen molar-refractivity contribution in [3.8, 4) is 0 Å². The van der Waals surface area contributed by atoms with Crippen molar-refractivity contribution >= 4 is 17.0 Å². The third-order valence-corrected chi connectivity index (χ3v) is 5.46. The van der Waals surface area contributed by atoms with Crippen LogP contribution in [0.25, 0.3) is 11.0 Å². The second kappa shape index (κ2) is 7.58. The molecule has 0 spiro atoms. The van der Waals surface area contributed by atoms with Crippen LogP contribution >= 0.6 is 0 Å². The van der Waals surface area contributed by atoms with Crippen LogP contribution in [-0.2, 0) is 30.5 Å². The van der Waals surface area contributed by atoms with E-state index in [1.807, 2.05) is 23.6 Å². The minimum absolute atomic E-state index is 0.0501. The molecule has 0 atom stereocenters. The van der Waals surface area contributed by atoms with Crippen LogP contribution in [0.4, 0.5) is 0 Å². The number of pyridine rings is 2. The average molecular weight is 376 g/mol. The van der Waals surface area contributed by atoms with E-state index in [2.05, 4.69) is 29.2 Å². The number of esters is 1. The molecule has 1 aromatic carbocycles. The van der Waals surface area contributed by atoms with Crippen molar-refractivity contribution in [2.45, 2.75) is 39.7 Å². The molecule has 5 nitrogen and oxygen atoms in total. The fraction of sp³-hybridized carbons (Fsp3) is 0.348. The molecule has 0 N–H and O–H groups in total. The molecule has 0 radical (unpaired) electrons. The van der Waals surface area contributed by atoms with Crippen molar-refractivity contribution in [2.24, 2.45) is 5.92 Å². The molecule has 3 aromatic rings. The number of aromatic nitrogens is 2. The van der Waals surface area contributed by atoms with E-state index in [0.717, 1.165) is 30.5 Å². The van der Waals surface area contributed by atoms with Gasteiger partial charge in [0.15, 0.2) is 0 Å². The fourth-order valence-corrected chi connectivity index (χ4v) is 4.12. The molecule has 0 amide bonds. The van der Waals surface area contributed by atoms with Crippen molar-refractivity contribution in [2.75, 3.05) is 6.61 Å². The van der Waals surface area contributed by atoms with Crippen molar-refractivity contribution in [1.82, 2.24) is 9.55 Å². The second-order valence-corrected chi connectivity index (χ2v) is 7.30. The maximum atomic E-state index is 12.9. The highest BCUT2D eigenvalue weighted by Gasteiger charge is 2.22. The molecule has 0 aliphatic heterocycles. The van der Waals surface area contributed by atoms with Gasteiger partial charge in [-0.05, 0) is 62.3 Å². The maximum Gasteiger partial charge on any atom is 0.343 e. The lowest BCUT2D eigenvalue weighted by atomic mass is 9.99. The molecule has 0 unspecified atom stereocenters. The van der Waals surface area contributed by atoms with Crippen LogP contribution in [0.15, 0.2) is 47.4 Å². The number of hydrogen-bond acceptors (Lipinski definition) is 4. The van der Waals surface area contributed by atoms with Gasteiger partial charge in [-0.2, -0.15) is 0 Å². The van der Waals surface area contributed by atoms with Gasteiger partial charge in [-0.25, -0.2) is 9.78 Å². The van der Waals surface area contributed by atoms with E-state index < -0.39 is 5.97 Å². The summed E-state index contributed by atoms with van der Waals surface area (Å²) < 4.78 is 6.93. The second-order valence-electron chi connectivity index (χ2n) is 7.30. The quantitative estimate of drug-likeness (QED) is 0.639. The molecule has 144 valence electrons. The van der Waals surface area contributed by atoms with Gasteiger partial charge in [-0.15, -0.1) is 0 Å². The lowest BCUT2D eigenvalue weighted by molar-refractivity contribution is 0.0524. The summed E-state index contributed by atoms with van der Waals surface area (Å²) in [6.45, 7) is 4.58. The molecule has 2 heterocycles. The smallest absolute Gasteiger partial charge is 0.343 e. The molecular formula is C23H24N2O3. The van der Waals surface area contributed by atoms with E-state index in [4.69, 9.17) is 4.74 Å². The van der Waals surface area contributed by atoms with E-state index in [1.165, 1.54) is 11.1 Å². The normalized spacial score (nSPS) is 13.6. The van der Waals surface area contributed by atoms with Gasteiger partial charge in [0.25, 0.3) is 0 Å². The Labute approximate surface area is 164 Å². The Morgan fingerprint density at radius 1 is 1.14 bits per heavy atom. The van der Waals surface area contributed by atoms with Gasteiger partial charge in [-0.3, -0.25) is 4.79 Å². The summed E-state index contributed by atoms with van der Waals surface area (Å²) in [7, 11) is 0. The summed E-state index contributed by atoms with van der Waals surface area (Å²) in [5.74, 6) is -0.0981. The molecule has 0 bridgehead atoms. The lowest BCUT2D eigenvalue weighted by Gasteiger charge is -2.13. The SMILES string of the molecule is CCOC(=O)c1cn(CC)c2ccc(CC3Cc4ccccc4C3)nc2c1=O. The number of ether oxygens (including phenoxy) is 1. The summed E-state index contributed by atoms with van der Waals surface area (Å²) >= 11 is 0. The maximum absolute atomic E-state index is 12.9. The zero-order valence-electron chi connectivity index (χ0n) is 16.3. The number of nitrogens with zero attached hydrogens (tertiary/aromatic N) is 2. The number of aryl methyl sites for hydroxylation is 1. The van der Waals surface area contributed by atoms with Gasteiger partial charge in [0.1, 0.15) is 11.1 Å². The molecule has 5 heteroatoms. The summed E-state index contributed by atoms with van der Waals surface area (Å²) in [6, 6.07) is 12.5. The number of hydrogen-bond donors (Lipinski definition) is 0. The molecule has 2 aromatic heterocycles. The van der Waals surface area contributed by atoms with E-state index in [0.29, 0.717) is 18.0 Å². The average Bonchev–Trinajstić information content (AvgIpc) is 3.11. The van der Waals surface area contributed by atoms with Crippen LogP contribution < -0.4 is 5.43 Å². The topological polar surface area (TPSA) is 61.2 Å². The fourth-order valence-electron chi connectivity index (χ4n) is 4.12. The summed E-state index contributed by atoms with van der Waals surface area (Å²) in [5, 5.41) is 0. The first kappa shape index (κ1) is 18.4. The predicted molar refractivity (Wildman–Crippen MR) is 109 cm³/mol. The minimum atomic E-state index is -0.588. The van der Waals surface area contributed by atoms with Crippen molar-refractivity contribution in [1.29, 1.82) is 0 Å². The van der Waals surface area contributed by atoms with E-state index in [1.54, 1.807) is 13.1 Å². The van der Waals surface area contributed by atoms with Gasteiger partial charge in [-0.1, -0.05) is 24.3 Å². The Balaban J connectivity index is 1.69. The van der Waals surface area contributed by atoms with Crippen LogP contribution in [0.3, 0.4) is 0 Å². The van der Waals surface area contributed by atoms with Gasteiger partial charge < -0.3 is 9.30 Å². The Morgan fingerprint density at radius 2 is 1.86 bits per heavy atom. The number of carbonyl (C=O) groups excluding carboxylic acids is 1. The first-order chi connectivity index (χ1) is 13.6. The molecular weight excluding hydrogens is 352 g/mol. The van der Waals surface area contributed by atoms with E-state index >= 15 is 0 Å². The molecule has 28 heavy (non-hydrogen) atoms. The Hall–Kier alpha value is -2.95. The number of fused-ring (bicyclic) bond motifs is 2. The van der Waals surface area contributed by atoms with Crippen LogP contribution in [0.5, 0.6) is 0 Å². The Kier molecular flexibility index (Phi) is 4.99. The highest BCUT2D eigenvalue weighted by molar-refractivity contribution is 5.92. The van der Waals surface area contributed by atoms with E-state index in [9.17, 15) is 9.59 Å². The van der Waals surface area contributed by atoms with Crippen LogP contribution in [0.2, 0.25) is 0 Å². The first-order valence-corrected chi connectivity index (χ1v) is 9.87. The van der Waals surface area contributed by atoms with Crippen LogP contribution in [0, 0.1) is 5.92 Å². The van der Waals surface area contributed by atoms with Gasteiger partial charge >= 0.3 is 5.97 Å². The number of benzene rings is 1. The molecule has 1 aliphatic rings. The molecule has 4 rings (SSSR count). The van der Waals surface area contributed by atoms with Gasteiger partial charge in [0, 0.05) is 18.4 Å². The largest absolute Gasteiger partial charge is 0.462 e. The summed E-state index contributed by atoms with van der Waals surface area (Å²) in [5.41, 5.74) is 4.51.